The molecule has 0 unspecified atom stereocenters. The van der Waals surface area contributed by atoms with Crippen LogP contribution < -0.4 is 9.88 Å². The number of aromatic nitrogens is 1. The van der Waals surface area contributed by atoms with E-state index in [0.717, 1.165) is 23.4 Å². The van der Waals surface area contributed by atoms with Gasteiger partial charge in [-0.05, 0) is 6.92 Å². The first-order chi connectivity index (χ1) is 11.7. The van der Waals surface area contributed by atoms with E-state index in [1.54, 1.807) is 0 Å². The Morgan fingerprint density at radius 2 is 1.58 bits per heavy atom. The highest BCUT2D eigenvalue weighted by atomic mass is 16.1. The summed E-state index contributed by atoms with van der Waals surface area (Å²) in [5, 5.41) is 3.19. The predicted molar refractivity (Wildman–Crippen MR) is 96.2 cm³/mol. The van der Waals surface area contributed by atoms with E-state index in [1.165, 1.54) is 5.56 Å². The number of benzene rings is 2. The number of hydrogen-bond acceptors (Lipinski definition) is 2. The van der Waals surface area contributed by atoms with Crippen molar-refractivity contribution in [1.82, 2.24) is 0 Å². The van der Waals surface area contributed by atoms with Crippen LogP contribution in [0, 0.1) is 6.92 Å². The standard InChI is InChI=1S/C21H20N2O/c1-17-7-9-19(10-8-17)21(24)15-22-20-11-13-23(14-12-20)16-18-5-3-2-4-6-18/h2-14H,15-16H2,1H3/p+1. The van der Waals surface area contributed by atoms with E-state index in [0.29, 0.717) is 6.54 Å². The molecule has 0 fully saturated rings. The molecule has 0 spiro atoms. The van der Waals surface area contributed by atoms with E-state index in [1.807, 2.05) is 73.9 Å². The van der Waals surface area contributed by atoms with Gasteiger partial charge in [-0.25, -0.2) is 4.57 Å². The average Bonchev–Trinajstić information content (AvgIpc) is 2.62. The highest BCUT2D eigenvalue weighted by molar-refractivity contribution is 5.98. The van der Waals surface area contributed by atoms with Crippen LogP contribution in [0.3, 0.4) is 0 Å². The van der Waals surface area contributed by atoms with E-state index in [4.69, 9.17) is 0 Å². The second kappa shape index (κ2) is 7.55. The Kier molecular flexibility index (Phi) is 5.02. The predicted octanol–water partition coefficient (Wildman–Crippen LogP) is 3.63. The van der Waals surface area contributed by atoms with Crippen LogP contribution in [0.15, 0.2) is 79.1 Å². The monoisotopic (exact) mass is 317 g/mol. The first-order valence-corrected chi connectivity index (χ1v) is 8.07. The molecule has 0 aliphatic heterocycles. The van der Waals surface area contributed by atoms with Crippen LogP contribution in [-0.2, 0) is 6.54 Å². The minimum atomic E-state index is 0.0935. The summed E-state index contributed by atoms with van der Waals surface area (Å²) < 4.78 is 2.11. The number of nitrogens with zero attached hydrogens (tertiary/aromatic N) is 1. The second-order valence-corrected chi connectivity index (χ2v) is 5.89. The summed E-state index contributed by atoms with van der Waals surface area (Å²) in [6.07, 6.45) is 4.04. The van der Waals surface area contributed by atoms with Gasteiger partial charge in [0.15, 0.2) is 24.7 Å². The molecule has 0 bridgehead atoms. The molecule has 1 N–H and O–H groups in total. The van der Waals surface area contributed by atoms with Crippen LogP contribution in [0.4, 0.5) is 5.69 Å². The average molecular weight is 317 g/mol. The molecule has 0 amide bonds. The van der Waals surface area contributed by atoms with E-state index in [2.05, 4.69) is 22.0 Å². The smallest absolute Gasteiger partial charge is 0.181 e. The molecule has 0 radical (unpaired) electrons. The number of Topliss-reactive ketones (excluding diaryl/α,β-unsaturated/α-hetero) is 1. The minimum absolute atomic E-state index is 0.0935. The van der Waals surface area contributed by atoms with Crippen molar-refractivity contribution in [3.8, 4) is 0 Å². The van der Waals surface area contributed by atoms with E-state index in [9.17, 15) is 4.79 Å². The molecule has 0 saturated carbocycles. The van der Waals surface area contributed by atoms with Gasteiger partial charge in [0.05, 0.1) is 6.54 Å². The summed E-state index contributed by atoms with van der Waals surface area (Å²) >= 11 is 0. The third kappa shape index (κ3) is 4.29. The molecule has 0 saturated heterocycles. The third-order valence-corrected chi connectivity index (χ3v) is 3.93. The van der Waals surface area contributed by atoms with Gasteiger partial charge in [0, 0.05) is 28.9 Å². The fourth-order valence-corrected chi connectivity index (χ4v) is 2.50. The number of hydrogen-bond donors (Lipinski definition) is 1. The number of rotatable bonds is 6. The molecular formula is C21H21N2O+. The molecule has 1 aromatic heterocycles. The summed E-state index contributed by atoms with van der Waals surface area (Å²) in [5.74, 6) is 0.0935. The lowest BCUT2D eigenvalue weighted by Crippen LogP contribution is -2.33. The lowest BCUT2D eigenvalue weighted by atomic mass is 10.1. The molecule has 2 aromatic carbocycles. The van der Waals surface area contributed by atoms with Crippen LogP contribution >= 0.6 is 0 Å². The van der Waals surface area contributed by atoms with Crippen LogP contribution in [0.25, 0.3) is 0 Å². The molecule has 120 valence electrons. The van der Waals surface area contributed by atoms with Gasteiger partial charge >= 0.3 is 0 Å². The van der Waals surface area contributed by atoms with Crippen molar-refractivity contribution in [2.75, 3.05) is 11.9 Å². The number of ketones is 1. The molecular weight excluding hydrogens is 296 g/mol. The number of anilines is 1. The Balaban J connectivity index is 1.56. The van der Waals surface area contributed by atoms with Gasteiger partial charge in [0.25, 0.3) is 0 Å². The van der Waals surface area contributed by atoms with Crippen LogP contribution in [-0.4, -0.2) is 12.3 Å². The van der Waals surface area contributed by atoms with Crippen molar-refractivity contribution in [3.05, 3.63) is 95.8 Å². The van der Waals surface area contributed by atoms with Gasteiger partial charge in [0.2, 0.25) is 0 Å². The van der Waals surface area contributed by atoms with E-state index in [-0.39, 0.29) is 5.78 Å². The van der Waals surface area contributed by atoms with Gasteiger partial charge in [-0.2, -0.15) is 0 Å². The molecule has 1 heterocycles. The molecule has 3 nitrogen and oxygen atoms in total. The van der Waals surface area contributed by atoms with Gasteiger partial charge in [-0.15, -0.1) is 0 Å². The number of aryl methyl sites for hydroxylation is 1. The Labute approximate surface area is 142 Å². The normalized spacial score (nSPS) is 10.4. The SMILES string of the molecule is Cc1ccc(C(=O)CNc2cc[n+](Cc3ccccc3)cc2)cc1. The van der Waals surface area contributed by atoms with Crippen LogP contribution in [0.2, 0.25) is 0 Å². The first kappa shape index (κ1) is 15.9. The highest BCUT2D eigenvalue weighted by Gasteiger charge is 2.06. The van der Waals surface area contributed by atoms with Crippen molar-refractivity contribution < 1.29 is 9.36 Å². The molecule has 3 aromatic rings. The highest BCUT2D eigenvalue weighted by Crippen LogP contribution is 2.07. The first-order valence-electron chi connectivity index (χ1n) is 8.07. The number of carbonyl (C=O) groups excluding carboxylic acids is 1. The van der Waals surface area contributed by atoms with Crippen LogP contribution in [0.1, 0.15) is 21.5 Å². The minimum Gasteiger partial charge on any atom is -0.377 e. The molecule has 0 aliphatic carbocycles. The van der Waals surface area contributed by atoms with Crippen molar-refractivity contribution in [3.63, 3.8) is 0 Å². The summed E-state index contributed by atoms with van der Waals surface area (Å²) in [4.78, 5) is 12.2. The zero-order valence-corrected chi connectivity index (χ0v) is 13.8. The fourth-order valence-electron chi connectivity index (χ4n) is 2.50. The van der Waals surface area contributed by atoms with E-state index < -0.39 is 0 Å². The topological polar surface area (TPSA) is 33.0 Å². The Morgan fingerprint density at radius 3 is 2.25 bits per heavy atom. The van der Waals surface area contributed by atoms with E-state index >= 15 is 0 Å². The number of carbonyl (C=O) groups is 1. The Hall–Kier alpha value is -2.94. The maximum atomic E-state index is 12.2. The third-order valence-electron chi connectivity index (χ3n) is 3.93. The molecule has 3 heteroatoms. The summed E-state index contributed by atoms with van der Waals surface area (Å²) in [7, 11) is 0. The molecule has 0 atom stereocenters. The quantitative estimate of drug-likeness (QED) is 0.556. The maximum Gasteiger partial charge on any atom is 0.181 e. The maximum absolute atomic E-state index is 12.2. The zero-order chi connectivity index (χ0) is 16.8. The summed E-state index contributed by atoms with van der Waals surface area (Å²) in [6, 6.07) is 22.0. The largest absolute Gasteiger partial charge is 0.377 e. The molecule has 3 rings (SSSR count). The molecule has 0 aliphatic rings. The second-order valence-electron chi connectivity index (χ2n) is 5.89. The number of pyridine rings is 1. The Morgan fingerprint density at radius 1 is 0.917 bits per heavy atom. The Bertz CT molecular complexity index is 794. The lowest BCUT2D eigenvalue weighted by Gasteiger charge is -2.06. The molecule has 24 heavy (non-hydrogen) atoms. The van der Waals surface area contributed by atoms with Crippen molar-refractivity contribution in [1.29, 1.82) is 0 Å². The van der Waals surface area contributed by atoms with Crippen molar-refractivity contribution >= 4 is 11.5 Å². The van der Waals surface area contributed by atoms with Gasteiger partial charge in [-0.1, -0.05) is 60.2 Å². The number of nitrogens with one attached hydrogen (secondary N) is 1. The fraction of sp³-hybridized carbons (Fsp3) is 0.143. The van der Waals surface area contributed by atoms with Gasteiger partial charge in [-0.3, -0.25) is 4.79 Å². The van der Waals surface area contributed by atoms with Crippen molar-refractivity contribution in [2.45, 2.75) is 13.5 Å². The van der Waals surface area contributed by atoms with Crippen LogP contribution in [0.5, 0.6) is 0 Å². The van der Waals surface area contributed by atoms with Gasteiger partial charge < -0.3 is 5.32 Å². The zero-order valence-electron chi connectivity index (χ0n) is 13.8. The van der Waals surface area contributed by atoms with Gasteiger partial charge in [0.1, 0.15) is 0 Å². The lowest BCUT2D eigenvalue weighted by molar-refractivity contribution is -0.688. The summed E-state index contributed by atoms with van der Waals surface area (Å²) in [6.45, 7) is 3.15. The van der Waals surface area contributed by atoms with Crippen molar-refractivity contribution in [2.24, 2.45) is 0 Å². The summed E-state index contributed by atoms with van der Waals surface area (Å²) in [5.41, 5.74) is 4.10.